The Morgan fingerprint density at radius 3 is 2.39 bits per heavy atom. The number of piperidine rings is 1. The van der Waals surface area contributed by atoms with E-state index in [-0.39, 0.29) is 5.91 Å². The van der Waals surface area contributed by atoms with Gasteiger partial charge in [-0.1, -0.05) is 17.7 Å². The Bertz CT molecular complexity index is 436. The Labute approximate surface area is 113 Å². The molecule has 18 heavy (non-hydrogen) atoms. The van der Waals surface area contributed by atoms with Crippen molar-refractivity contribution in [2.75, 3.05) is 13.1 Å². The molecule has 0 radical (unpaired) electrons. The lowest BCUT2D eigenvalue weighted by Crippen LogP contribution is -2.44. The van der Waals surface area contributed by atoms with Crippen molar-refractivity contribution >= 4 is 23.2 Å². The number of rotatable bonds is 1. The summed E-state index contributed by atoms with van der Waals surface area (Å²) in [7, 11) is 0. The van der Waals surface area contributed by atoms with E-state index in [0.717, 1.165) is 31.5 Å². The molecule has 0 aromatic heterocycles. The van der Waals surface area contributed by atoms with Gasteiger partial charge < -0.3 is 4.90 Å². The Balaban J connectivity index is 1.94. The van der Waals surface area contributed by atoms with Crippen LogP contribution in [0.4, 0.5) is 0 Å². The zero-order chi connectivity index (χ0) is 13.0. The number of hydrogen-bond acceptors (Lipinski definition) is 2. The number of nitrogens with zero attached hydrogens (tertiary/aromatic N) is 1. The van der Waals surface area contributed by atoms with Gasteiger partial charge in [-0.25, -0.2) is 0 Å². The smallest absolute Gasteiger partial charge is 0.257 e. The lowest BCUT2D eigenvalue weighted by molar-refractivity contribution is 0.0972. The minimum atomic E-state index is -0.120. The fourth-order valence-electron chi connectivity index (χ4n) is 2.05. The summed E-state index contributed by atoms with van der Waals surface area (Å²) in [6.45, 7) is 3.90. The van der Waals surface area contributed by atoms with Gasteiger partial charge in [0.2, 0.25) is 0 Å². The Morgan fingerprint density at radius 1 is 1.17 bits per heavy atom. The fraction of sp³-hybridized carbons (Fsp3) is 0.429. The van der Waals surface area contributed by atoms with Crippen LogP contribution in [0.15, 0.2) is 24.3 Å². The van der Waals surface area contributed by atoms with Gasteiger partial charge in [0, 0.05) is 18.7 Å². The molecule has 0 bridgehead atoms. The summed E-state index contributed by atoms with van der Waals surface area (Å²) < 4.78 is 0. The normalized spacial score (nSPS) is 15.3. The number of hydrogen-bond donors (Lipinski definition) is 1. The largest absolute Gasteiger partial charge is 0.349 e. The zero-order valence-corrected chi connectivity index (χ0v) is 11.4. The number of benzene rings is 1. The second kappa shape index (κ2) is 5.96. The number of amides is 1. The molecule has 4 heteroatoms. The van der Waals surface area contributed by atoms with Crippen LogP contribution in [0.5, 0.6) is 0 Å². The summed E-state index contributed by atoms with van der Waals surface area (Å²) in [5.41, 5.74) is 1.80. The van der Waals surface area contributed by atoms with Crippen molar-refractivity contribution in [2.24, 2.45) is 0 Å². The maximum atomic E-state index is 12.0. The van der Waals surface area contributed by atoms with Crippen LogP contribution in [-0.2, 0) is 0 Å². The van der Waals surface area contributed by atoms with Gasteiger partial charge in [0.15, 0.2) is 5.11 Å². The second-order valence-corrected chi connectivity index (χ2v) is 5.06. The molecule has 0 saturated carbocycles. The lowest BCUT2D eigenvalue weighted by Gasteiger charge is -2.28. The van der Waals surface area contributed by atoms with Gasteiger partial charge in [-0.2, -0.15) is 0 Å². The third-order valence-corrected chi connectivity index (χ3v) is 3.54. The number of nitrogens with one attached hydrogen (secondary N) is 1. The fourth-order valence-corrected chi connectivity index (χ4v) is 2.33. The van der Waals surface area contributed by atoms with Gasteiger partial charge in [0.1, 0.15) is 0 Å². The molecule has 3 nitrogen and oxygen atoms in total. The monoisotopic (exact) mass is 262 g/mol. The summed E-state index contributed by atoms with van der Waals surface area (Å²) in [6.07, 6.45) is 3.56. The molecule has 0 aliphatic carbocycles. The molecule has 1 aliphatic heterocycles. The van der Waals surface area contributed by atoms with Crippen molar-refractivity contribution in [1.29, 1.82) is 0 Å². The summed E-state index contributed by atoms with van der Waals surface area (Å²) in [5, 5.41) is 3.36. The first-order valence-electron chi connectivity index (χ1n) is 6.34. The lowest BCUT2D eigenvalue weighted by atomic mass is 10.1. The minimum Gasteiger partial charge on any atom is -0.349 e. The second-order valence-electron chi connectivity index (χ2n) is 4.67. The minimum absolute atomic E-state index is 0.120. The Morgan fingerprint density at radius 2 is 1.78 bits per heavy atom. The highest BCUT2D eigenvalue weighted by Gasteiger charge is 2.15. The van der Waals surface area contributed by atoms with Crippen molar-refractivity contribution < 1.29 is 4.79 Å². The Kier molecular flexibility index (Phi) is 4.31. The van der Waals surface area contributed by atoms with E-state index in [9.17, 15) is 4.79 Å². The van der Waals surface area contributed by atoms with Crippen molar-refractivity contribution in [1.82, 2.24) is 10.2 Å². The third kappa shape index (κ3) is 3.29. The number of aryl methyl sites for hydroxylation is 1. The summed E-state index contributed by atoms with van der Waals surface area (Å²) in [4.78, 5) is 14.1. The first kappa shape index (κ1) is 13.0. The molecule has 1 amide bonds. The first-order valence-corrected chi connectivity index (χ1v) is 6.74. The average molecular weight is 262 g/mol. The predicted octanol–water partition coefficient (Wildman–Crippen LogP) is 2.50. The molecule has 0 atom stereocenters. The molecular formula is C14H18N2OS. The number of thiocarbonyl (C=S) groups is 1. The zero-order valence-electron chi connectivity index (χ0n) is 10.6. The molecule has 0 unspecified atom stereocenters. The van der Waals surface area contributed by atoms with Gasteiger partial charge in [-0.3, -0.25) is 10.1 Å². The first-order chi connectivity index (χ1) is 8.66. The van der Waals surface area contributed by atoms with E-state index in [0.29, 0.717) is 10.7 Å². The third-order valence-electron chi connectivity index (χ3n) is 3.18. The van der Waals surface area contributed by atoms with Gasteiger partial charge in [-0.15, -0.1) is 0 Å². The molecule has 1 aromatic rings. The molecule has 2 rings (SSSR count). The highest BCUT2D eigenvalue weighted by atomic mass is 32.1. The van der Waals surface area contributed by atoms with Crippen LogP contribution < -0.4 is 5.32 Å². The summed E-state index contributed by atoms with van der Waals surface area (Å²) in [5.74, 6) is -0.120. The van der Waals surface area contributed by atoms with Crippen molar-refractivity contribution in [2.45, 2.75) is 26.2 Å². The van der Waals surface area contributed by atoms with Gasteiger partial charge in [0.05, 0.1) is 0 Å². The van der Waals surface area contributed by atoms with Crippen molar-refractivity contribution in [3.05, 3.63) is 35.4 Å². The van der Waals surface area contributed by atoms with Gasteiger partial charge in [0.25, 0.3) is 5.91 Å². The number of likely N-dealkylation sites (tertiary alicyclic amines) is 1. The van der Waals surface area contributed by atoms with E-state index in [2.05, 4.69) is 10.2 Å². The van der Waals surface area contributed by atoms with E-state index < -0.39 is 0 Å². The quantitative estimate of drug-likeness (QED) is 0.789. The van der Waals surface area contributed by atoms with Crippen LogP contribution in [0.3, 0.4) is 0 Å². The molecule has 1 aliphatic rings. The standard InChI is InChI=1S/C14H18N2OS/c1-11-5-7-12(8-6-11)13(17)15-14(18)16-9-3-2-4-10-16/h5-8H,2-4,9-10H2,1H3,(H,15,17,18). The summed E-state index contributed by atoms with van der Waals surface area (Å²) >= 11 is 5.27. The average Bonchev–Trinajstić information content (AvgIpc) is 2.40. The highest BCUT2D eigenvalue weighted by molar-refractivity contribution is 7.80. The van der Waals surface area contributed by atoms with Crippen LogP contribution >= 0.6 is 12.2 Å². The SMILES string of the molecule is Cc1ccc(C(=O)NC(=S)N2CCCCC2)cc1. The molecule has 96 valence electrons. The maximum absolute atomic E-state index is 12.0. The maximum Gasteiger partial charge on any atom is 0.257 e. The number of carbonyl (C=O) groups excluding carboxylic acids is 1. The van der Waals surface area contributed by atoms with Crippen LogP contribution in [0.2, 0.25) is 0 Å². The van der Waals surface area contributed by atoms with Crippen LogP contribution in [0.25, 0.3) is 0 Å². The molecule has 1 fully saturated rings. The molecule has 1 aromatic carbocycles. The summed E-state index contributed by atoms with van der Waals surface area (Å²) in [6, 6.07) is 7.50. The predicted molar refractivity (Wildman–Crippen MR) is 76.7 cm³/mol. The molecular weight excluding hydrogens is 244 g/mol. The van der Waals surface area contributed by atoms with Gasteiger partial charge in [-0.05, 0) is 50.5 Å². The van der Waals surface area contributed by atoms with E-state index in [4.69, 9.17) is 12.2 Å². The highest BCUT2D eigenvalue weighted by Crippen LogP contribution is 2.09. The van der Waals surface area contributed by atoms with Crippen LogP contribution in [0.1, 0.15) is 35.2 Å². The van der Waals surface area contributed by atoms with Crippen LogP contribution in [-0.4, -0.2) is 29.0 Å². The topological polar surface area (TPSA) is 32.3 Å². The number of carbonyl (C=O) groups is 1. The van der Waals surface area contributed by atoms with E-state index in [1.807, 2.05) is 31.2 Å². The van der Waals surface area contributed by atoms with E-state index in [1.165, 1.54) is 6.42 Å². The van der Waals surface area contributed by atoms with Gasteiger partial charge >= 0.3 is 0 Å². The molecule has 1 heterocycles. The van der Waals surface area contributed by atoms with E-state index in [1.54, 1.807) is 0 Å². The Hall–Kier alpha value is -1.42. The van der Waals surface area contributed by atoms with Crippen molar-refractivity contribution in [3.8, 4) is 0 Å². The molecule has 0 spiro atoms. The van der Waals surface area contributed by atoms with E-state index >= 15 is 0 Å². The van der Waals surface area contributed by atoms with Crippen molar-refractivity contribution in [3.63, 3.8) is 0 Å². The molecule has 1 saturated heterocycles. The molecule has 1 N–H and O–H groups in total. The van der Waals surface area contributed by atoms with Crippen LogP contribution in [0, 0.1) is 6.92 Å².